The second-order valence-corrected chi connectivity index (χ2v) is 9.34. The minimum Gasteiger partial charge on any atom is -0.0616 e. The summed E-state index contributed by atoms with van der Waals surface area (Å²) in [5.74, 6) is 0. The van der Waals surface area contributed by atoms with E-state index >= 15 is 0 Å². The highest BCUT2D eigenvalue weighted by atomic mass is 14.1. The molecule has 0 aliphatic carbocycles. The molecule has 0 atom stereocenters. The van der Waals surface area contributed by atoms with Crippen LogP contribution in [0.4, 0.5) is 0 Å². The van der Waals surface area contributed by atoms with Crippen molar-refractivity contribution < 1.29 is 0 Å². The van der Waals surface area contributed by atoms with Gasteiger partial charge in [0.25, 0.3) is 0 Å². The Hall–Kier alpha value is -3.90. The van der Waals surface area contributed by atoms with E-state index in [-0.39, 0.29) is 0 Å². The average Bonchev–Trinajstić information content (AvgIpc) is 2.86. The molecule has 0 amide bonds. The van der Waals surface area contributed by atoms with E-state index in [0.717, 1.165) is 0 Å². The van der Waals surface area contributed by atoms with E-state index < -0.39 is 0 Å². The topological polar surface area (TPSA) is 0 Å². The quantitative estimate of drug-likeness (QED) is 0.245. The van der Waals surface area contributed by atoms with Crippen LogP contribution in [0.15, 0.2) is 97.1 Å². The summed E-state index contributed by atoms with van der Waals surface area (Å²) >= 11 is 0. The van der Waals surface area contributed by atoms with Gasteiger partial charge in [-0.25, -0.2) is 0 Å². The molecule has 0 aromatic heterocycles. The molecule has 0 saturated heterocycles. The standard InChI is InChI=1S/C34H30/c1-23(29-15-13-27-9-5-7-11-31(27)21-29)17-33-19-26(4)34(20-25(33)3)18-24(2)30-16-14-28-10-6-8-12-32(28)22-30/h5-22H,1-4H3/b23-17+,24-18+. The molecule has 166 valence electrons. The third-order valence-corrected chi connectivity index (χ3v) is 6.81. The number of allylic oxidation sites excluding steroid dienone is 2. The van der Waals surface area contributed by atoms with Crippen molar-refractivity contribution >= 4 is 44.8 Å². The van der Waals surface area contributed by atoms with Crippen LogP contribution in [0.2, 0.25) is 0 Å². The molecule has 34 heavy (non-hydrogen) atoms. The average molecular weight is 439 g/mol. The Bertz CT molecular complexity index is 1460. The molecule has 0 fully saturated rings. The van der Waals surface area contributed by atoms with Crippen LogP contribution in [-0.4, -0.2) is 0 Å². The summed E-state index contributed by atoms with van der Waals surface area (Å²) in [4.78, 5) is 0. The molecule has 0 heteroatoms. The molecule has 0 aliphatic rings. The van der Waals surface area contributed by atoms with Crippen molar-refractivity contribution in [3.8, 4) is 0 Å². The number of fused-ring (bicyclic) bond motifs is 2. The fourth-order valence-electron chi connectivity index (χ4n) is 4.67. The number of benzene rings is 5. The molecule has 5 aromatic rings. The van der Waals surface area contributed by atoms with Crippen LogP contribution in [0.5, 0.6) is 0 Å². The summed E-state index contributed by atoms with van der Waals surface area (Å²) in [5.41, 5.74) is 10.3. The lowest BCUT2D eigenvalue weighted by atomic mass is 9.94. The predicted molar refractivity (Wildman–Crippen MR) is 151 cm³/mol. The molecular formula is C34H30. The van der Waals surface area contributed by atoms with E-state index in [2.05, 4.69) is 137 Å². The van der Waals surface area contributed by atoms with Crippen molar-refractivity contribution in [3.05, 3.63) is 130 Å². The molecule has 0 spiro atoms. The summed E-state index contributed by atoms with van der Waals surface area (Å²) in [5, 5.41) is 5.13. The van der Waals surface area contributed by atoms with Crippen LogP contribution in [0, 0.1) is 13.8 Å². The summed E-state index contributed by atoms with van der Waals surface area (Å²) in [6.45, 7) is 8.83. The first-order valence-corrected chi connectivity index (χ1v) is 11.9. The third-order valence-electron chi connectivity index (χ3n) is 6.81. The summed E-state index contributed by atoms with van der Waals surface area (Å²) in [6, 6.07) is 35.2. The van der Waals surface area contributed by atoms with E-state index in [1.54, 1.807) is 0 Å². The van der Waals surface area contributed by atoms with E-state index in [1.165, 1.54) is 66.1 Å². The van der Waals surface area contributed by atoms with Gasteiger partial charge in [0.05, 0.1) is 0 Å². The van der Waals surface area contributed by atoms with Crippen molar-refractivity contribution in [1.82, 2.24) is 0 Å². The lowest BCUT2D eigenvalue weighted by Crippen LogP contribution is -1.90. The van der Waals surface area contributed by atoms with Gasteiger partial charge in [-0.15, -0.1) is 0 Å². The summed E-state index contributed by atoms with van der Waals surface area (Å²) in [6.07, 6.45) is 4.63. The first-order valence-electron chi connectivity index (χ1n) is 11.9. The Morgan fingerprint density at radius 3 is 1.26 bits per heavy atom. The minimum atomic E-state index is 1.27. The molecule has 5 rings (SSSR count). The van der Waals surface area contributed by atoms with Gasteiger partial charge in [0, 0.05) is 0 Å². The van der Waals surface area contributed by atoms with Crippen molar-refractivity contribution in [1.29, 1.82) is 0 Å². The summed E-state index contributed by atoms with van der Waals surface area (Å²) < 4.78 is 0. The Morgan fingerprint density at radius 2 is 0.853 bits per heavy atom. The van der Waals surface area contributed by atoms with E-state index in [4.69, 9.17) is 0 Å². The van der Waals surface area contributed by atoms with Gasteiger partial charge in [0.1, 0.15) is 0 Å². The van der Waals surface area contributed by atoms with Crippen LogP contribution >= 0.6 is 0 Å². The van der Waals surface area contributed by atoms with E-state index in [0.29, 0.717) is 0 Å². The fraction of sp³-hybridized carbons (Fsp3) is 0.118. The smallest absolute Gasteiger partial charge is 0.0178 e. The van der Waals surface area contributed by atoms with Gasteiger partial charge in [0.15, 0.2) is 0 Å². The second kappa shape index (κ2) is 9.15. The maximum atomic E-state index is 2.32. The minimum absolute atomic E-state index is 1.27. The number of aryl methyl sites for hydroxylation is 2. The van der Waals surface area contributed by atoms with Crippen LogP contribution in [-0.2, 0) is 0 Å². The monoisotopic (exact) mass is 438 g/mol. The Morgan fingerprint density at radius 1 is 0.471 bits per heavy atom. The molecule has 0 heterocycles. The largest absolute Gasteiger partial charge is 0.0616 e. The molecule has 5 aromatic carbocycles. The zero-order valence-electron chi connectivity index (χ0n) is 20.4. The van der Waals surface area contributed by atoms with Crippen LogP contribution in [0.1, 0.15) is 47.2 Å². The predicted octanol–water partition coefficient (Wildman–Crippen LogP) is 9.73. The van der Waals surface area contributed by atoms with Gasteiger partial charge in [-0.3, -0.25) is 0 Å². The van der Waals surface area contributed by atoms with Gasteiger partial charge < -0.3 is 0 Å². The zero-order valence-corrected chi connectivity index (χ0v) is 20.4. The molecule has 0 saturated carbocycles. The lowest BCUT2D eigenvalue weighted by molar-refractivity contribution is 1.35. The van der Waals surface area contributed by atoms with E-state index in [1.807, 2.05) is 0 Å². The third kappa shape index (κ3) is 4.45. The second-order valence-electron chi connectivity index (χ2n) is 9.34. The SMILES string of the molecule is C/C(=C\c1cc(C)c(/C=C(\C)c2ccc3ccccc3c2)cc1C)c1ccc2ccccc2c1. The van der Waals surface area contributed by atoms with Gasteiger partial charge in [-0.05, 0) is 106 Å². The lowest BCUT2D eigenvalue weighted by Gasteiger charge is -2.11. The number of rotatable bonds is 4. The molecule has 0 nitrogen and oxygen atoms in total. The van der Waals surface area contributed by atoms with E-state index in [9.17, 15) is 0 Å². The number of hydrogen-bond donors (Lipinski definition) is 0. The first-order chi connectivity index (χ1) is 16.5. The van der Waals surface area contributed by atoms with Gasteiger partial charge >= 0.3 is 0 Å². The van der Waals surface area contributed by atoms with Crippen LogP contribution < -0.4 is 0 Å². The maximum Gasteiger partial charge on any atom is -0.0178 e. The fourth-order valence-corrected chi connectivity index (χ4v) is 4.67. The van der Waals surface area contributed by atoms with Crippen LogP contribution in [0.25, 0.3) is 44.8 Å². The Labute approximate surface area is 202 Å². The van der Waals surface area contributed by atoms with Gasteiger partial charge in [-0.1, -0.05) is 97.1 Å². The van der Waals surface area contributed by atoms with Crippen molar-refractivity contribution in [2.75, 3.05) is 0 Å². The highest BCUT2D eigenvalue weighted by molar-refractivity contribution is 5.91. The van der Waals surface area contributed by atoms with Crippen molar-refractivity contribution in [2.24, 2.45) is 0 Å². The maximum absolute atomic E-state index is 2.32. The summed E-state index contributed by atoms with van der Waals surface area (Å²) in [7, 11) is 0. The van der Waals surface area contributed by atoms with Gasteiger partial charge in [-0.2, -0.15) is 0 Å². The normalized spacial score (nSPS) is 12.5. The number of hydrogen-bond acceptors (Lipinski definition) is 0. The zero-order chi connectivity index (χ0) is 23.7. The van der Waals surface area contributed by atoms with Gasteiger partial charge in [0.2, 0.25) is 0 Å². The van der Waals surface area contributed by atoms with Crippen molar-refractivity contribution in [2.45, 2.75) is 27.7 Å². The molecule has 0 unspecified atom stereocenters. The molecule has 0 N–H and O–H groups in total. The molecular weight excluding hydrogens is 408 g/mol. The molecule has 0 aliphatic heterocycles. The first kappa shape index (κ1) is 21.9. The molecule has 0 bridgehead atoms. The highest BCUT2D eigenvalue weighted by Gasteiger charge is 2.06. The molecule has 0 radical (unpaired) electrons. The Balaban J connectivity index is 1.46. The highest BCUT2D eigenvalue weighted by Crippen LogP contribution is 2.28. The van der Waals surface area contributed by atoms with Crippen molar-refractivity contribution in [3.63, 3.8) is 0 Å². The Kier molecular flexibility index (Phi) is 5.90. The van der Waals surface area contributed by atoms with Crippen LogP contribution in [0.3, 0.4) is 0 Å².